The second kappa shape index (κ2) is 11.0. The van der Waals surface area contributed by atoms with Crippen LogP contribution in [0.4, 0.5) is 4.79 Å². The maximum Gasteiger partial charge on any atom is 0.513 e. The van der Waals surface area contributed by atoms with E-state index in [1.54, 1.807) is 24.3 Å². The Hall–Kier alpha value is -2.63. The summed E-state index contributed by atoms with van der Waals surface area (Å²) in [5.74, 6) is -0.144. The Balaban J connectivity index is 2.08. The highest BCUT2D eigenvalue weighted by Gasteiger charge is 2.06. The topological polar surface area (TPSA) is 78.9 Å². The fourth-order valence-electron chi connectivity index (χ4n) is 1.83. The third-order valence-corrected chi connectivity index (χ3v) is 3.13. The third kappa shape index (κ3) is 8.12. The van der Waals surface area contributed by atoms with Gasteiger partial charge in [-0.15, -0.1) is 0 Å². The Morgan fingerprint density at radius 1 is 0.958 bits per heavy atom. The van der Waals surface area contributed by atoms with E-state index in [-0.39, 0.29) is 12.4 Å². The molecule has 6 heteroatoms. The summed E-state index contributed by atoms with van der Waals surface area (Å²) in [6.45, 7) is 5.40. The molecular formula is C18H22O6. The Labute approximate surface area is 141 Å². The molecule has 0 heterocycles. The van der Waals surface area contributed by atoms with Crippen LogP contribution < -0.4 is 4.74 Å². The number of ether oxygens (including phenoxy) is 3. The summed E-state index contributed by atoms with van der Waals surface area (Å²) in [5, 5.41) is 0. The summed E-state index contributed by atoms with van der Waals surface area (Å²) < 4.78 is 14.8. The highest BCUT2D eigenvalue weighted by Crippen LogP contribution is 2.13. The first-order chi connectivity index (χ1) is 11.5. The van der Waals surface area contributed by atoms with Gasteiger partial charge in [0.05, 0.1) is 13.2 Å². The molecule has 0 aliphatic rings. The van der Waals surface area contributed by atoms with Crippen LogP contribution >= 0.6 is 0 Å². The van der Waals surface area contributed by atoms with Gasteiger partial charge in [0, 0.05) is 11.6 Å². The lowest BCUT2D eigenvalue weighted by Gasteiger charge is -2.06. The maximum absolute atomic E-state index is 11.5. The van der Waals surface area contributed by atoms with E-state index in [9.17, 15) is 14.4 Å². The molecule has 0 unspecified atom stereocenters. The monoisotopic (exact) mass is 334 g/mol. The molecule has 0 fully saturated rings. The van der Waals surface area contributed by atoms with E-state index in [1.807, 2.05) is 0 Å². The highest BCUT2D eigenvalue weighted by molar-refractivity contribution is 5.94. The lowest BCUT2D eigenvalue weighted by molar-refractivity contribution is -0.137. The molecule has 0 saturated heterocycles. The van der Waals surface area contributed by atoms with Gasteiger partial charge in [-0.3, -0.25) is 4.79 Å². The van der Waals surface area contributed by atoms with E-state index in [1.165, 1.54) is 6.92 Å². The Kier molecular flexibility index (Phi) is 8.89. The van der Waals surface area contributed by atoms with E-state index >= 15 is 0 Å². The summed E-state index contributed by atoms with van der Waals surface area (Å²) in [7, 11) is 0. The van der Waals surface area contributed by atoms with Crippen LogP contribution in [0.5, 0.6) is 5.75 Å². The van der Waals surface area contributed by atoms with Crippen molar-refractivity contribution in [3.8, 4) is 5.75 Å². The zero-order valence-electron chi connectivity index (χ0n) is 13.8. The molecule has 24 heavy (non-hydrogen) atoms. The number of carbonyl (C=O) groups is 3. The van der Waals surface area contributed by atoms with Gasteiger partial charge in [-0.05, 0) is 56.9 Å². The van der Waals surface area contributed by atoms with Gasteiger partial charge in [-0.2, -0.15) is 0 Å². The molecule has 130 valence electrons. The summed E-state index contributed by atoms with van der Waals surface area (Å²) in [6.07, 6.45) is 3.54. The van der Waals surface area contributed by atoms with E-state index < -0.39 is 12.1 Å². The average Bonchev–Trinajstić information content (AvgIpc) is 2.57. The Morgan fingerprint density at radius 3 is 2.08 bits per heavy atom. The van der Waals surface area contributed by atoms with Crippen LogP contribution in [-0.4, -0.2) is 31.1 Å². The Bertz CT molecular complexity index is 561. The summed E-state index contributed by atoms with van der Waals surface area (Å²) >= 11 is 0. The number of rotatable bonds is 10. The molecule has 1 aromatic carbocycles. The van der Waals surface area contributed by atoms with E-state index in [0.29, 0.717) is 24.3 Å². The molecule has 0 amide bonds. The number of esters is 1. The number of ketones is 1. The van der Waals surface area contributed by atoms with Crippen molar-refractivity contribution in [1.82, 2.24) is 0 Å². The van der Waals surface area contributed by atoms with Crippen LogP contribution in [0.25, 0.3) is 0 Å². The molecule has 0 aliphatic heterocycles. The van der Waals surface area contributed by atoms with E-state index in [0.717, 1.165) is 25.3 Å². The lowest BCUT2D eigenvalue weighted by atomic mass is 10.1. The van der Waals surface area contributed by atoms with Crippen LogP contribution in [0.3, 0.4) is 0 Å². The number of Topliss-reactive ketones (excluding diaryl/α,β-unsaturated/α-hetero) is 1. The summed E-state index contributed by atoms with van der Waals surface area (Å²) in [6, 6.07) is 6.26. The molecule has 0 bridgehead atoms. The first kappa shape index (κ1) is 19.4. The number of hydrogen-bond acceptors (Lipinski definition) is 6. The van der Waals surface area contributed by atoms with Crippen molar-refractivity contribution in [1.29, 1.82) is 0 Å². The van der Waals surface area contributed by atoms with Gasteiger partial charge in [0.2, 0.25) is 0 Å². The summed E-state index contributed by atoms with van der Waals surface area (Å²) in [4.78, 5) is 33.4. The first-order valence-corrected chi connectivity index (χ1v) is 7.77. The van der Waals surface area contributed by atoms with Gasteiger partial charge < -0.3 is 14.2 Å². The molecule has 1 rings (SSSR count). The van der Waals surface area contributed by atoms with Crippen molar-refractivity contribution in [2.45, 2.75) is 32.6 Å². The predicted molar refractivity (Wildman–Crippen MR) is 88.0 cm³/mol. The Morgan fingerprint density at radius 2 is 1.54 bits per heavy atom. The van der Waals surface area contributed by atoms with Crippen LogP contribution in [0.15, 0.2) is 36.9 Å². The van der Waals surface area contributed by atoms with Crippen molar-refractivity contribution in [3.63, 3.8) is 0 Å². The molecule has 0 radical (unpaired) electrons. The average molecular weight is 334 g/mol. The smallest absolute Gasteiger partial charge is 0.463 e. The van der Waals surface area contributed by atoms with E-state index in [2.05, 4.69) is 6.58 Å². The number of hydrogen-bond donors (Lipinski definition) is 0. The molecular weight excluding hydrogens is 312 g/mol. The zero-order valence-corrected chi connectivity index (χ0v) is 13.8. The maximum atomic E-state index is 11.5. The fourth-order valence-corrected chi connectivity index (χ4v) is 1.83. The van der Waals surface area contributed by atoms with Gasteiger partial charge in [0.25, 0.3) is 0 Å². The van der Waals surface area contributed by atoms with Crippen molar-refractivity contribution in [2.24, 2.45) is 0 Å². The molecule has 0 saturated carbocycles. The largest absolute Gasteiger partial charge is 0.513 e. The predicted octanol–water partition coefficient (Wildman–Crippen LogP) is 3.69. The highest BCUT2D eigenvalue weighted by atomic mass is 16.7. The lowest BCUT2D eigenvalue weighted by Crippen LogP contribution is -2.11. The minimum Gasteiger partial charge on any atom is -0.463 e. The molecule has 0 spiro atoms. The molecule has 0 N–H and O–H groups in total. The van der Waals surface area contributed by atoms with Crippen LogP contribution in [-0.2, 0) is 14.3 Å². The molecule has 0 aliphatic carbocycles. The molecule has 0 atom stereocenters. The second-order valence-corrected chi connectivity index (χ2v) is 5.07. The van der Waals surface area contributed by atoms with Crippen molar-refractivity contribution in [3.05, 3.63) is 42.5 Å². The molecule has 6 nitrogen and oxygen atoms in total. The fraction of sp³-hybridized carbons (Fsp3) is 0.389. The zero-order chi connectivity index (χ0) is 17.8. The minimum absolute atomic E-state index is 0.0524. The van der Waals surface area contributed by atoms with Crippen molar-refractivity contribution in [2.75, 3.05) is 13.2 Å². The van der Waals surface area contributed by atoms with Gasteiger partial charge in [0.1, 0.15) is 5.75 Å². The number of unbranched alkanes of at least 4 members (excludes halogenated alkanes) is 3. The van der Waals surface area contributed by atoms with E-state index in [4.69, 9.17) is 14.2 Å². The quantitative estimate of drug-likeness (QED) is 0.213. The van der Waals surface area contributed by atoms with Crippen LogP contribution in [0.2, 0.25) is 0 Å². The summed E-state index contributed by atoms with van der Waals surface area (Å²) in [5.41, 5.74) is 0.550. The standard InChI is InChI=1S/C18H22O6/c1-3-17(20)22-12-6-4-5-7-13-23-18(21)24-16-10-8-15(9-11-16)14(2)19/h3,8-11H,1,4-7,12-13H2,2H3. The van der Waals surface area contributed by atoms with Gasteiger partial charge in [0.15, 0.2) is 5.78 Å². The van der Waals surface area contributed by atoms with Crippen LogP contribution in [0, 0.1) is 0 Å². The molecule has 1 aromatic rings. The number of benzene rings is 1. The normalized spacial score (nSPS) is 9.88. The van der Waals surface area contributed by atoms with Gasteiger partial charge in [-0.1, -0.05) is 6.58 Å². The van der Waals surface area contributed by atoms with Crippen molar-refractivity contribution < 1.29 is 28.6 Å². The third-order valence-electron chi connectivity index (χ3n) is 3.13. The number of carbonyl (C=O) groups excluding carboxylic acids is 3. The first-order valence-electron chi connectivity index (χ1n) is 7.77. The van der Waals surface area contributed by atoms with Crippen molar-refractivity contribution >= 4 is 17.9 Å². The van der Waals surface area contributed by atoms with Gasteiger partial charge in [-0.25, -0.2) is 9.59 Å². The van der Waals surface area contributed by atoms with Gasteiger partial charge >= 0.3 is 12.1 Å². The SMILES string of the molecule is C=CC(=O)OCCCCCCOC(=O)Oc1ccc(C(C)=O)cc1. The minimum atomic E-state index is -0.773. The van der Waals surface area contributed by atoms with Crippen LogP contribution in [0.1, 0.15) is 43.0 Å². The molecule has 0 aromatic heterocycles. The second-order valence-electron chi connectivity index (χ2n) is 5.07.